The minimum atomic E-state index is -0.437. The highest BCUT2D eigenvalue weighted by Crippen LogP contribution is 2.21. The molecule has 126 valence electrons. The van der Waals surface area contributed by atoms with Crippen molar-refractivity contribution in [2.24, 2.45) is 0 Å². The van der Waals surface area contributed by atoms with Crippen molar-refractivity contribution < 1.29 is 19.2 Å². The Morgan fingerprint density at radius 1 is 1.08 bits per heavy atom. The molecule has 0 saturated carbocycles. The third kappa shape index (κ3) is 3.15. The lowest BCUT2D eigenvalue weighted by Gasteiger charge is -2.16. The summed E-state index contributed by atoms with van der Waals surface area (Å²) >= 11 is 0. The normalized spacial score (nSPS) is 16.8. The van der Waals surface area contributed by atoms with E-state index in [1.165, 1.54) is 0 Å². The summed E-state index contributed by atoms with van der Waals surface area (Å²) in [5, 5.41) is 2.69. The maximum atomic E-state index is 12.2. The summed E-state index contributed by atoms with van der Waals surface area (Å²) in [4.78, 5) is 50.5. The molecule has 1 aromatic rings. The molecule has 0 aromatic heterocycles. The first-order chi connectivity index (χ1) is 11.6. The third-order valence-electron chi connectivity index (χ3n) is 4.28. The van der Waals surface area contributed by atoms with Crippen molar-refractivity contribution >= 4 is 23.6 Å². The molecule has 0 aliphatic carbocycles. The number of benzene rings is 1. The van der Waals surface area contributed by atoms with E-state index < -0.39 is 11.8 Å². The van der Waals surface area contributed by atoms with Gasteiger partial charge in [-0.25, -0.2) is 0 Å². The second-order valence-corrected chi connectivity index (χ2v) is 5.93. The van der Waals surface area contributed by atoms with Gasteiger partial charge in [-0.2, -0.15) is 0 Å². The third-order valence-corrected chi connectivity index (χ3v) is 4.28. The standard InChI is InChI=1S/C17H19N3O4/c21-14(18-8-4-10-19-9-3-7-15(19)22)11-20-16(23)12-5-1-2-6-13(12)17(20)24/h1-2,5-6H,3-4,7-11H2,(H,18,21). The Kier molecular flexibility index (Phi) is 4.59. The van der Waals surface area contributed by atoms with Gasteiger partial charge >= 0.3 is 0 Å². The fourth-order valence-corrected chi connectivity index (χ4v) is 3.02. The predicted octanol–water partition coefficient (Wildman–Crippen LogP) is 0.411. The van der Waals surface area contributed by atoms with Gasteiger partial charge < -0.3 is 10.2 Å². The van der Waals surface area contributed by atoms with Crippen molar-refractivity contribution in [2.75, 3.05) is 26.2 Å². The molecule has 2 aliphatic heterocycles. The molecule has 24 heavy (non-hydrogen) atoms. The van der Waals surface area contributed by atoms with Crippen molar-refractivity contribution in [2.45, 2.75) is 19.3 Å². The molecular weight excluding hydrogens is 310 g/mol. The Bertz CT molecular complexity index is 666. The number of fused-ring (bicyclic) bond motifs is 1. The minimum Gasteiger partial charge on any atom is -0.354 e. The van der Waals surface area contributed by atoms with Gasteiger partial charge in [0.15, 0.2) is 0 Å². The Morgan fingerprint density at radius 3 is 2.33 bits per heavy atom. The first-order valence-corrected chi connectivity index (χ1v) is 8.07. The molecule has 1 N–H and O–H groups in total. The summed E-state index contributed by atoms with van der Waals surface area (Å²) < 4.78 is 0. The molecule has 1 saturated heterocycles. The Balaban J connectivity index is 1.45. The molecule has 0 unspecified atom stereocenters. The topological polar surface area (TPSA) is 86.8 Å². The summed E-state index contributed by atoms with van der Waals surface area (Å²) in [7, 11) is 0. The average Bonchev–Trinajstić information content (AvgIpc) is 3.09. The van der Waals surface area contributed by atoms with Crippen LogP contribution in [0.2, 0.25) is 0 Å². The number of carbonyl (C=O) groups is 4. The molecule has 7 heteroatoms. The lowest BCUT2D eigenvalue weighted by atomic mass is 10.1. The van der Waals surface area contributed by atoms with Crippen LogP contribution in [-0.4, -0.2) is 59.6 Å². The lowest BCUT2D eigenvalue weighted by molar-refractivity contribution is -0.127. The largest absolute Gasteiger partial charge is 0.354 e. The molecule has 2 aliphatic rings. The van der Waals surface area contributed by atoms with Crippen LogP contribution in [0.1, 0.15) is 40.0 Å². The van der Waals surface area contributed by atoms with Crippen LogP contribution >= 0.6 is 0 Å². The average molecular weight is 329 g/mol. The SMILES string of the molecule is O=C(CN1C(=O)c2ccccc2C1=O)NCCCN1CCCC1=O. The molecule has 1 aromatic carbocycles. The van der Waals surface area contributed by atoms with E-state index in [-0.39, 0.29) is 18.4 Å². The van der Waals surface area contributed by atoms with Crippen LogP contribution in [0.15, 0.2) is 24.3 Å². The fourth-order valence-electron chi connectivity index (χ4n) is 3.02. The van der Waals surface area contributed by atoms with Gasteiger partial charge in [-0.05, 0) is 25.0 Å². The first-order valence-electron chi connectivity index (χ1n) is 8.07. The van der Waals surface area contributed by atoms with Crippen molar-refractivity contribution in [1.29, 1.82) is 0 Å². The molecule has 0 spiro atoms. The van der Waals surface area contributed by atoms with Gasteiger partial charge in [-0.1, -0.05) is 12.1 Å². The first kappa shape index (κ1) is 16.2. The molecule has 0 radical (unpaired) electrons. The number of amides is 4. The maximum Gasteiger partial charge on any atom is 0.262 e. The number of hydrogen-bond acceptors (Lipinski definition) is 4. The van der Waals surface area contributed by atoms with Crippen LogP contribution in [0.25, 0.3) is 0 Å². The van der Waals surface area contributed by atoms with Crippen molar-refractivity contribution in [3.63, 3.8) is 0 Å². The summed E-state index contributed by atoms with van der Waals surface area (Å²) in [6.07, 6.45) is 2.15. The molecule has 3 rings (SSSR count). The monoisotopic (exact) mass is 329 g/mol. The lowest BCUT2D eigenvalue weighted by Crippen LogP contribution is -2.41. The number of likely N-dealkylation sites (tertiary alicyclic amines) is 1. The number of rotatable bonds is 6. The van der Waals surface area contributed by atoms with Crippen LogP contribution in [0.3, 0.4) is 0 Å². The van der Waals surface area contributed by atoms with Crippen LogP contribution in [-0.2, 0) is 9.59 Å². The highest BCUT2D eigenvalue weighted by Gasteiger charge is 2.36. The quantitative estimate of drug-likeness (QED) is 0.605. The van der Waals surface area contributed by atoms with Crippen LogP contribution in [0.5, 0.6) is 0 Å². The summed E-state index contributed by atoms with van der Waals surface area (Å²) in [6, 6.07) is 6.54. The number of nitrogens with one attached hydrogen (secondary N) is 1. The van der Waals surface area contributed by atoms with Gasteiger partial charge in [0, 0.05) is 26.1 Å². The van der Waals surface area contributed by atoms with E-state index in [4.69, 9.17) is 0 Å². The van der Waals surface area contributed by atoms with E-state index in [9.17, 15) is 19.2 Å². The molecule has 2 heterocycles. The highest BCUT2D eigenvalue weighted by atomic mass is 16.2. The van der Waals surface area contributed by atoms with Gasteiger partial charge in [0.25, 0.3) is 11.8 Å². The van der Waals surface area contributed by atoms with Crippen LogP contribution in [0, 0.1) is 0 Å². The van der Waals surface area contributed by atoms with Gasteiger partial charge in [0.2, 0.25) is 11.8 Å². The molecule has 4 amide bonds. The van der Waals surface area contributed by atoms with Crippen molar-refractivity contribution in [3.05, 3.63) is 35.4 Å². The second kappa shape index (κ2) is 6.82. The number of carbonyl (C=O) groups excluding carboxylic acids is 4. The zero-order chi connectivity index (χ0) is 17.1. The fraction of sp³-hybridized carbons (Fsp3) is 0.412. The zero-order valence-corrected chi connectivity index (χ0v) is 13.3. The Morgan fingerprint density at radius 2 is 1.75 bits per heavy atom. The Hall–Kier alpha value is -2.70. The molecule has 1 fully saturated rings. The predicted molar refractivity (Wildman–Crippen MR) is 85.2 cm³/mol. The number of imide groups is 1. The smallest absolute Gasteiger partial charge is 0.262 e. The van der Waals surface area contributed by atoms with Crippen molar-refractivity contribution in [1.82, 2.24) is 15.1 Å². The minimum absolute atomic E-state index is 0.160. The van der Waals surface area contributed by atoms with Gasteiger partial charge in [-0.15, -0.1) is 0 Å². The maximum absolute atomic E-state index is 12.2. The van der Waals surface area contributed by atoms with Crippen molar-refractivity contribution in [3.8, 4) is 0 Å². The molecule has 7 nitrogen and oxygen atoms in total. The number of hydrogen-bond donors (Lipinski definition) is 1. The van der Waals surface area contributed by atoms with Crippen LogP contribution in [0.4, 0.5) is 0 Å². The Labute approximate surface area is 139 Å². The van der Waals surface area contributed by atoms with E-state index in [1.807, 2.05) is 0 Å². The van der Waals surface area contributed by atoms with E-state index in [0.29, 0.717) is 37.1 Å². The van der Waals surface area contributed by atoms with E-state index in [0.717, 1.165) is 17.9 Å². The van der Waals surface area contributed by atoms with Gasteiger partial charge in [-0.3, -0.25) is 24.1 Å². The summed E-state index contributed by atoms with van der Waals surface area (Å²) in [5.74, 6) is -1.09. The summed E-state index contributed by atoms with van der Waals surface area (Å²) in [5.41, 5.74) is 0.672. The molecular formula is C17H19N3O4. The van der Waals surface area contributed by atoms with Crippen LogP contribution < -0.4 is 5.32 Å². The molecule has 0 bridgehead atoms. The van der Waals surface area contributed by atoms with Gasteiger partial charge in [0.05, 0.1) is 11.1 Å². The zero-order valence-electron chi connectivity index (χ0n) is 13.3. The van der Waals surface area contributed by atoms with E-state index >= 15 is 0 Å². The summed E-state index contributed by atoms with van der Waals surface area (Å²) in [6.45, 7) is 1.52. The van der Waals surface area contributed by atoms with Gasteiger partial charge in [0.1, 0.15) is 6.54 Å². The van der Waals surface area contributed by atoms with E-state index in [1.54, 1.807) is 29.2 Å². The molecule has 0 atom stereocenters. The van der Waals surface area contributed by atoms with E-state index in [2.05, 4.69) is 5.32 Å². The second-order valence-electron chi connectivity index (χ2n) is 5.93. The highest BCUT2D eigenvalue weighted by molar-refractivity contribution is 6.22. The number of nitrogens with zero attached hydrogens (tertiary/aromatic N) is 2.